The lowest BCUT2D eigenvalue weighted by molar-refractivity contribution is -0.137. The van der Waals surface area contributed by atoms with Crippen LogP contribution in [-0.4, -0.2) is 26.4 Å². The maximum atomic E-state index is 13.6. The molecule has 0 fully saturated rings. The normalized spacial score (nSPS) is 11.9. The Bertz CT molecular complexity index is 1020. The van der Waals surface area contributed by atoms with Crippen LogP contribution < -0.4 is 20.1 Å². The minimum Gasteiger partial charge on any atom is -0.493 e. The van der Waals surface area contributed by atoms with E-state index in [2.05, 4.69) is 10.6 Å². The molecule has 0 heterocycles. The van der Waals surface area contributed by atoms with Gasteiger partial charge in [-0.2, -0.15) is 13.2 Å². The highest BCUT2D eigenvalue weighted by Crippen LogP contribution is 2.37. The first-order chi connectivity index (χ1) is 14.7. The van der Waals surface area contributed by atoms with Crippen LogP contribution in [0.25, 0.3) is 0 Å². The minimum absolute atomic E-state index is 0.0149. The van der Waals surface area contributed by atoms with Gasteiger partial charge in [0, 0.05) is 24.9 Å². The second kappa shape index (κ2) is 10.3. The van der Waals surface area contributed by atoms with Crippen LogP contribution in [0.3, 0.4) is 0 Å². The predicted molar refractivity (Wildman–Crippen MR) is 104 cm³/mol. The summed E-state index contributed by atoms with van der Waals surface area (Å²) in [5, 5.41) is 4.97. The Hall–Kier alpha value is -3.82. The van der Waals surface area contributed by atoms with Crippen LogP contribution in [0, 0.1) is 5.82 Å². The van der Waals surface area contributed by atoms with Crippen molar-refractivity contribution < 1.29 is 36.6 Å². The van der Waals surface area contributed by atoms with E-state index in [0.29, 0.717) is 12.4 Å². The summed E-state index contributed by atoms with van der Waals surface area (Å²) in [6.07, 6.45) is -0.587. The number of rotatable bonds is 8. The zero-order chi connectivity index (χ0) is 23.0. The van der Waals surface area contributed by atoms with E-state index in [1.54, 1.807) is 7.05 Å². The smallest absolute Gasteiger partial charge is 0.416 e. The first-order valence-corrected chi connectivity index (χ1v) is 8.73. The van der Waals surface area contributed by atoms with Crippen LogP contribution in [0.5, 0.6) is 17.2 Å². The average Bonchev–Trinajstić information content (AvgIpc) is 2.71. The number of allylic oxidation sites excluding steroid dienone is 2. The lowest BCUT2D eigenvalue weighted by Crippen LogP contribution is -2.23. The highest BCUT2D eigenvalue weighted by molar-refractivity contribution is 5.98. The number of hydrogen-bond acceptors (Lipinski definition) is 5. The van der Waals surface area contributed by atoms with Gasteiger partial charge in [-0.15, -0.1) is 0 Å². The molecule has 31 heavy (non-hydrogen) atoms. The number of halogens is 4. The van der Waals surface area contributed by atoms with Crippen LogP contribution in [0.1, 0.15) is 15.9 Å². The zero-order valence-electron chi connectivity index (χ0n) is 16.4. The van der Waals surface area contributed by atoms with Crippen LogP contribution in [0.15, 0.2) is 60.4 Å². The fourth-order valence-electron chi connectivity index (χ4n) is 2.41. The Labute approximate surface area is 175 Å². The van der Waals surface area contributed by atoms with Gasteiger partial charge in [0.05, 0.1) is 18.2 Å². The molecule has 0 saturated carbocycles. The van der Waals surface area contributed by atoms with E-state index >= 15 is 0 Å². The summed E-state index contributed by atoms with van der Waals surface area (Å²) < 4.78 is 63.8. The number of methoxy groups -OCH3 is 1. The summed E-state index contributed by atoms with van der Waals surface area (Å²) in [6.45, 7) is 0. The van der Waals surface area contributed by atoms with Gasteiger partial charge in [0.25, 0.3) is 5.91 Å². The summed E-state index contributed by atoms with van der Waals surface area (Å²) in [6, 6.07) is 5.59. The first kappa shape index (κ1) is 23.5. The zero-order valence-corrected chi connectivity index (χ0v) is 16.4. The number of hydrogen-bond donors (Lipinski definition) is 2. The first-order valence-electron chi connectivity index (χ1n) is 8.73. The Kier molecular flexibility index (Phi) is 7.78. The van der Waals surface area contributed by atoms with Crippen LogP contribution >= 0.6 is 0 Å². The summed E-state index contributed by atoms with van der Waals surface area (Å²) >= 11 is 0. The van der Waals surface area contributed by atoms with Gasteiger partial charge in [0.2, 0.25) is 0 Å². The van der Waals surface area contributed by atoms with E-state index in [1.165, 1.54) is 25.5 Å². The lowest BCUT2D eigenvalue weighted by atomic mass is 10.1. The number of aldehydes is 1. The molecule has 10 heteroatoms. The SMILES string of the molecule is CN/C=C\C(=C/C=O)NC(=O)c1cc(C(F)(F)F)ccc1Oc1cc(F)ccc1OC. The van der Waals surface area contributed by atoms with Gasteiger partial charge in [0.1, 0.15) is 17.9 Å². The lowest BCUT2D eigenvalue weighted by Gasteiger charge is -2.16. The number of benzene rings is 2. The van der Waals surface area contributed by atoms with Gasteiger partial charge in [-0.25, -0.2) is 4.39 Å². The molecule has 0 aromatic heterocycles. The molecule has 1 amide bonds. The largest absolute Gasteiger partial charge is 0.493 e. The second-order valence-electron chi connectivity index (χ2n) is 5.94. The van der Waals surface area contributed by atoms with Crippen molar-refractivity contribution in [3.05, 3.63) is 77.4 Å². The number of amides is 1. The van der Waals surface area contributed by atoms with Crippen molar-refractivity contribution in [2.24, 2.45) is 0 Å². The fourth-order valence-corrected chi connectivity index (χ4v) is 2.41. The van der Waals surface area contributed by atoms with E-state index in [-0.39, 0.29) is 22.9 Å². The fraction of sp³-hybridized carbons (Fsp3) is 0.143. The summed E-state index contributed by atoms with van der Waals surface area (Å²) in [5.41, 5.74) is -1.57. The summed E-state index contributed by atoms with van der Waals surface area (Å²) in [7, 11) is 2.87. The van der Waals surface area contributed by atoms with Crippen LogP contribution in [0.4, 0.5) is 17.6 Å². The third-order valence-electron chi connectivity index (χ3n) is 3.83. The highest BCUT2D eigenvalue weighted by Gasteiger charge is 2.32. The Morgan fingerprint density at radius 1 is 1.06 bits per heavy atom. The predicted octanol–water partition coefficient (Wildman–Crippen LogP) is 4.19. The number of carbonyl (C=O) groups excluding carboxylic acids is 2. The number of nitrogens with one attached hydrogen (secondary N) is 2. The molecule has 2 aromatic carbocycles. The standard InChI is InChI=1S/C21H18F4N2O4/c1-26-9-7-15(8-10-28)27-20(29)16-11-13(21(23,24)25)3-5-17(16)31-19-12-14(22)4-6-18(19)30-2/h3-12,26H,1-2H3,(H,27,29)/b9-7-,15-8+. The molecule has 0 saturated heterocycles. The van der Waals surface area contributed by atoms with Gasteiger partial charge in [0.15, 0.2) is 11.5 Å². The molecular formula is C21H18F4N2O4. The summed E-state index contributed by atoms with van der Waals surface area (Å²) in [5.74, 6) is -1.98. The molecule has 2 aromatic rings. The van der Waals surface area contributed by atoms with E-state index in [0.717, 1.165) is 30.3 Å². The van der Waals surface area contributed by atoms with Gasteiger partial charge < -0.3 is 20.1 Å². The number of alkyl halides is 3. The number of carbonyl (C=O) groups is 2. The molecule has 0 radical (unpaired) electrons. The van der Waals surface area contributed by atoms with Crippen molar-refractivity contribution >= 4 is 12.2 Å². The van der Waals surface area contributed by atoms with E-state index in [4.69, 9.17) is 9.47 Å². The maximum absolute atomic E-state index is 13.6. The Balaban J connectivity index is 2.51. The quantitative estimate of drug-likeness (QED) is 0.280. The van der Waals surface area contributed by atoms with Crippen molar-refractivity contribution in [3.63, 3.8) is 0 Å². The molecule has 0 bridgehead atoms. The highest BCUT2D eigenvalue weighted by atomic mass is 19.4. The number of ether oxygens (including phenoxy) is 2. The molecule has 6 nitrogen and oxygen atoms in total. The molecule has 0 aliphatic rings. The van der Waals surface area contributed by atoms with E-state index in [9.17, 15) is 27.2 Å². The van der Waals surface area contributed by atoms with Crippen LogP contribution in [-0.2, 0) is 11.0 Å². The van der Waals surface area contributed by atoms with Crippen molar-refractivity contribution in [1.29, 1.82) is 0 Å². The molecular weight excluding hydrogens is 420 g/mol. The van der Waals surface area contributed by atoms with Crippen molar-refractivity contribution in [1.82, 2.24) is 10.6 Å². The van der Waals surface area contributed by atoms with Gasteiger partial charge in [-0.1, -0.05) is 0 Å². The van der Waals surface area contributed by atoms with Gasteiger partial charge in [-0.3, -0.25) is 9.59 Å². The topological polar surface area (TPSA) is 76.7 Å². The van der Waals surface area contributed by atoms with Gasteiger partial charge >= 0.3 is 6.18 Å². The molecule has 2 rings (SSSR count). The molecule has 0 aliphatic carbocycles. The maximum Gasteiger partial charge on any atom is 0.416 e. The summed E-state index contributed by atoms with van der Waals surface area (Å²) in [4.78, 5) is 23.5. The molecule has 2 N–H and O–H groups in total. The molecule has 164 valence electrons. The van der Waals surface area contributed by atoms with Crippen molar-refractivity contribution in [2.45, 2.75) is 6.18 Å². The van der Waals surface area contributed by atoms with Crippen LogP contribution in [0.2, 0.25) is 0 Å². The van der Waals surface area contributed by atoms with Gasteiger partial charge in [-0.05, 0) is 42.6 Å². The molecule has 0 spiro atoms. The van der Waals surface area contributed by atoms with E-state index in [1.807, 2.05) is 0 Å². The molecule has 0 atom stereocenters. The molecule has 0 unspecified atom stereocenters. The van der Waals surface area contributed by atoms with E-state index < -0.39 is 29.0 Å². The molecule has 0 aliphatic heterocycles. The average molecular weight is 438 g/mol. The Morgan fingerprint density at radius 2 is 1.77 bits per heavy atom. The second-order valence-corrected chi connectivity index (χ2v) is 5.94. The monoisotopic (exact) mass is 438 g/mol. The van der Waals surface area contributed by atoms with Crippen molar-refractivity contribution in [3.8, 4) is 17.2 Å². The van der Waals surface area contributed by atoms with Crippen molar-refractivity contribution in [2.75, 3.05) is 14.2 Å². The minimum atomic E-state index is -4.72. The third-order valence-corrected chi connectivity index (χ3v) is 3.83. The Morgan fingerprint density at radius 3 is 2.39 bits per heavy atom. The third kappa shape index (κ3) is 6.33.